The van der Waals surface area contributed by atoms with E-state index in [2.05, 4.69) is 13.8 Å². The topological polar surface area (TPSA) is 0 Å². The summed E-state index contributed by atoms with van der Waals surface area (Å²) in [7, 11) is 0. The first-order valence-corrected chi connectivity index (χ1v) is 9.86. The van der Waals surface area contributed by atoms with Gasteiger partial charge in [-0.05, 0) is 0 Å². The Hall–Kier alpha value is 2.41. The average molecular weight is 240 g/mol. The van der Waals surface area contributed by atoms with Gasteiger partial charge in [-0.1, -0.05) is 0 Å². The molecule has 0 nitrogen and oxygen atoms in total. The second-order valence-electron chi connectivity index (χ2n) is 0.141. The zero-order valence-electron chi connectivity index (χ0n) is 2.31. The zero-order valence-corrected chi connectivity index (χ0v) is 11.1. The molecule has 0 fully saturated rings. The molecule has 0 rings (SSSR count). The summed E-state index contributed by atoms with van der Waals surface area (Å²) in [6.07, 6.45) is 0. The molecule has 0 aromatic carbocycles. The minimum absolute atomic E-state index is 0. The van der Waals surface area contributed by atoms with Crippen molar-refractivity contribution in [3.05, 3.63) is 0 Å². The van der Waals surface area contributed by atoms with Crippen LogP contribution in [0.1, 0.15) is 0 Å². The summed E-state index contributed by atoms with van der Waals surface area (Å²) in [5.41, 5.74) is 0. The van der Waals surface area contributed by atoms with E-state index in [-0.39, 0.29) is 27.3 Å². The maximum absolute atomic E-state index is 3.84. The number of rotatable bonds is 0. The van der Waals surface area contributed by atoms with Gasteiger partial charge in [0.1, 0.15) is 0 Å². The summed E-state index contributed by atoms with van der Waals surface area (Å²) in [6.45, 7) is 7.68. The fraction of sp³-hybridized carbons (Fsp3) is 0. The fourth-order valence-electron chi connectivity index (χ4n) is 0. The Morgan fingerprint density at radius 2 is 1.25 bits per heavy atom. The quantitative estimate of drug-likeness (QED) is 0.446. The molecule has 0 aromatic heterocycles. The van der Waals surface area contributed by atoms with Crippen LogP contribution < -0.4 is 0 Å². The molecule has 0 saturated carbocycles. The summed E-state index contributed by atoms with van der Waals surface area (Å²) in [4.78, 5) is 0. The van der Waals surface area contributed by atoms with Crippen LogP contribution in [0.2, 0.25) is 0 Å². The Labute approximate surface area is 55.3 Å². The van der Waals surface area contributed by atoms with E-state index < -0.39 is 14.7 Å². The summed E-state index contributed by atoms with van der Waals surface area (Å²) in [5.74, 6) is 0. The van der Waals surface area contributed by atoms with E-state index in [1.165, 1.54) is 0 Å². The van der Waals surface area contributed by atoms with Gasteiger partial charge in [0.15, 0.2) is 0 Å². The van der Waals surface area contributed by atoms with E-state index in [1.54, 1.807) is 0 Å². The van der Waals surface area contributed by atoms with E-state index in [9.17, 15) is 0 Å². The van der Waals surface area contributed by atoms with Gasteiger partial charge in [-0.25, -0.2) is 0 Å². The molecule has 0 aliphatic heterocycles. The van der Waals surface area contributed by atoms with Crippen LogP contribution in [-0.4, -0.2) is 0 Å². The molecule has 0 aliphatic carbocycles. The van der Waals surface area contributed by atoms with E-state index >= 15 is 0 Å². The van der Waals surface area contributed by atoms with Crippen molar-refractivity contribution >= 4 is 13.8 Å². The second kappa shape index (κ2) is 9.05. The van der Waals surface area contributed by atoms with Gasteiger partial charge in [0, 0.05) is 27.3 Å². The first-order chi connectivity index (χ1) is 1.41. The Morgan fingerprint density at radius 1 is 1.25 bits per heavy atom. The molecule has 0 unspecified atom stereocenters. The molecule has 0 aliphatic rings. The summed E-state index contributed by atoms with van der Waals surface area (Å²) < 4.78 is 0. The van der Waals surface area contributed by atoms with E-state index in [4.69, 9.17) is 0 Å². The standard InChI is InChI=1S/Cd.2P.Zn. The van der Waals surface area contributed by atoms with Crippen molar-refractivity contribution in [2.24, 2.45) is 0 Å². The molecular weight excluding hydrogens is 240 g/mol. The fourth-order valence-corrected chi connectivity index (χ4v) is 0. The van der Waals surface area contributed by atoms with Crippen LogP contribution in [-0.2, 0) is 42.0 Å². The predicted molar refractivity (Wildman–Crippen MR) is 13.8 cm³/mol. The van der Waals surface area contributed by atoms with Crippen LogP contribution in [0.4, 0.5) is 0 Å². The number of hydrogen-bond donors (Lipinski definition) is 0. The van der Waals surface area contributed by atoms with Gasteiger partial charge in [-0.3, -0.25) is 0 Å². The van der Waals surface area contributed by atoms with Gasteiger partial charge in [0.05, 0.1) is 0 Å². The molecule has 0 amide bonds. The van der Waals surface area contributed by atoms with Crippen molar-refractivity contribution in [1.29, 1.82) is 0 Å². The average Bonchev–Trinajstić information content (AvgIpc) is 0.918. The third kappa shape index (κ3) is 8.83. The molecule has 0 heterocycles. The van der Waals surface area contributed by atoms with Gasteiger partial charge in [-0.15, -0.1) is 0 Å². The molecule has 0 saturated heterocycles. The Balaban J connectivity index is 0. The van der Waals surface area contributed by atoms with Crippen molar-refractivity contribution in [2.45, 2.75) is 0 Å². The van der Waals surface area contributed by atoms with Crippen LogP contribution in [0.25, 0.3) is 0 Å². The van der Waals surface area contributed by atoms with Crippen LogP contribution in [0.15, 0.2) is 0 Å². The van der Waals surface area contributed by atoms with Gasteiger partial charge < -0.3 is 0 Å². The molecule has 0 N–H and O–H groups in total. The van der Waals surface area contributed by atoms with Crippen LogP contribution in [0.5, 0.6) is 0 Å². The van der Waals surface area contributed by atoms with Gasteiger partial charge in [-0.2, -0.15) is 0 Å². The third-order valence-corrected chi connectivity index (χ3v) is 0. The molecular formula is CdP2Zn. The van der Waals surface area contributed by atoms with Crippen molar-refractivity contribution in [3.8, 4) is 0 Å². The summed E-state index contributed by atoms with van der Waals surface area (Å²) >= 11 is -0.486. The van der Waals surface area contributed by atoms with E-state index in [0.29, 0.717) is 0 Å². The zero-order chi connectivity index (χ0) is 2.71. The predicted octanol–water partition coefficient (Wildman–Crippen LogP) is 1.72. The Kier molecular flexibility index (Phi) is 21.8. The SMILES string of the molecule is [Cd].[P]#[Zn]#[P]. The molecule has 4 heteroatoms. The maximum atomic E-state index is 3.84. The van der Waals surface area contributed by atoms with Crippen molar-refractivity contribution < 1.29 is 42.0 Å². The first-order valence-electron chi connectivity index (χ1n) is 0.632. The molecule has 4 heavy (non-hydrogen) atoms. The molecule has 0 radical (unpaired) electrons. The van der Waals surface area contributed by atoms with Crippen LogP contribution >= 0.6 is 13.8 Å². The first kappa shape index (κ1) is 9.64. The second-order valence-corrected chi connectivity index (χ2v) is 6.61. The van der Waals surface area contributed by atoms with Crippen LogP contribution in [0, 0.1) is 0 Å². The Bertz CT molecular complexity index is 79.2. The van der Waals surface area contributed by atoms with Gasteiger partial charge in [0.2, 0.25) is 0 Å². The van der Waals surface area contributed by atoms with Crippen molar-refractivity contribution in [2.75, 3.05) is 0 Å². The minimum atomic E-state index is -0.486. The Morgan fingerprint density at radius 3 is 1.25 bits per heavy atom. The molecule has 0 atom stereocenters. The molecule has 14 valence electrons. The van der Waals surface area contributed by atoms with Crippen molar-refractivity contribution in [3.63, 3.8) is 0 Å². The van der Waals surface area contributed by atoms with Crippen molar-refractivity contribution in [1.82, 2.24) is 0 Å². The number of hydrogen-bond acceptors (Lipinski definition) is 0. The molecule has 0 spiro atoms. The van der Waals surface area contributed by atoms with E-state index in [0.717, 1.165) is 0 Å². The van der Waals surface area contributed by atoms with Gasteiger partial charge in [0.25, 0.3) is 0 Å². The normalized spacial score (nSPS) is 4.50. The van der Waals surface area contributed by atoms with E-state index in [1.807, 2.05) is 0 Å². The monoisotopic (exact) mass is 240 g/mol. The van der Waals surface area contributed by atoms with Crippen LogP contribution in [0.3, 0.4) is 0 Å². The van der Waals surface area contributed by atoms with Gasteiger partial charge >= 0.3 is 28.5 Å². The molecule has 0 aromatic rings. The summed E-state index contributed by atoms with van der Waals surface area (Å²) in [6, 6.07) is 0. The summed E-state index contributed by atoms with van der Waals surface area (Å²) in [5, 5.41) is 0. The third-order valence-electron chi connectivity index (χ3n) is 0. The molecule has 0 bridgehead atoms.